The van der Waals surface area contributed by atoms with Gasteiger partial charge in [0.15, 0.2) is 0 Å². The number of carbonyl (C=O) groups is 1. The van der Waals surface area contributed by atoms with Gasteiger partial charge < -0.3 is 10.2 Å². The van der Waals surface area contributed by atoms with Gasteiger partial charge in [-0.3, -0.25) is 9.78 Å². The highest BCUT2D eigenvalue weighted by atomic mass is 16.1. The van der Waals surface area contributed by atoms with Crippen LogP contribution in [0.5, 0.6) is 0 Å². The third-order valence-corrected chi connectivity index (χ3v) is 8.06. The summed E-state index contributed by atoms with van der Waals surface area (Å²) in [5.41, 5.74) is 2.50. The van der Waals surface area contributed by atoms with E-state index in [1.165, 1.54) is 77.4 Å². The Kier molecular flexibility index (Phi) is 10.4. The van der Waals surface area contributed by atoms with E-state index in [1.807, 2.05) is 18.2 Å². The number of hydrogen-bond acceptors (Lipinski definition) is 3. The van der Waals surface area contributed by atoms with Gasteiger partial charge in [-0.15, -0.1) is 0 Å². The molecule has 1 amide bonds. The molecule has 0 spiro atoms. The summed E-state index contributed by atoms with van der Waals surface area (Å²) in [5, 5.41) is 3.01. The Bertz CT molecular complexity index is 884. The second-order valence-corrected chi connectivity index (χ2v) is 10.6. The molecule has 188 valence electrons. The molecule has 0 bridgehead atoms. The second kappa shape index (κ2) is 14.2. The minimum absolute atomic E-state index is 0.0203. The number of amides is 1. The summed E-state index contributed by atoms with van der Waals surface area (Å²) in [6.45, 7) is 4.49. The second-order valence-electron chi connectivity index (χ2n) is 10.6. The molecule has 1 saturated heterocycles. The van der Waals surface area contributed by atoms with E-state index < -0.39 is 0 Å². The summed E-state index contributed by atoms with van der Waals surface area (Å²) in [4.78, 5) is 18.8. The van der Waals surface area contributed by atoms with E-state index in [2.05, 4.69) is 45.5 Å². The van der Waals surface area contributed by atoms with E-state index in [9.17, 15) is 4.79 Å². The molecule has 1 aromatic carbocycles. The molecule has 1 unspecified atom stereocenters. The summed E-state index contributed by atoms with van der Waals surface area (Å²) in [6.07, 6.45) is 20.2. The third-order valence-electron chi connectivity index (χ3n) is 8.06. The zero-order valence-electron chi connectivity index (χ0n) is 21.3. The standard InChI is InChI=1S/C31H43N3O/c35-31(17-16-27-11-9-20-32-24-27)33-21-8-7-10-26-18-22-34(23-19-26)25-30(28-12-3-1-4-13-28)29-14-5-2-6-15-29/h1,3-4,9,11-13,16-17,20,24,26,29-30H,2,5-8,10,14-15,18-19,21-23,25H2,(H,33,35). The Morgan fingerprint density at radius 3 is 2.54 bits per heavy atom. The molecular weight excluding hydrogens is 430 g/mol. The number of nitrogens with zero attached hydrogens (tertiary/aromatic N) is 2. The van der Waals surface area contributed by atoms with E-state index >= 15 is 0 Å². The number of unbranched alkanes of at least 4 members (excludes halogenated alkanes) is 1. The van der Waals surface area contributed by atoms with Gasteiger partial charge in [-0.2, -0.15) is 0 Å². The first-order valence-electron chi connectivity index (χ1n) is 13.9. The van der Waals surface area contributed by atoms with Crippen LogP contribution < -0.4 is 5.32 Å². The van der Waals surface area contributed by atoms with Crippen LogP contribution in [0.1, 0.15) is 81.3 Å². The van der Waals surface area contributed by atoms with Gasteiger partial charge in [0.1, 0.15) is 0 Å². The monoisotopic (exact) mass is 473 g/mol. The highest BCUT2D eigenvalue weighted by Gasteiger charge is 2.28. The summed E-state index contributed by atoms with van der Waals surface area (Å²) in [5.74, 6) is 2.38. The van der Waals surface area contributed by atoms with Crippen molar-refractivity contribution in [2.75, 3.05) is 26.2 Å². The van der Waals surface area contributed by atoms with E-state index in [1.54, 1.807) is 24.0 Å². The largest absolute Gasteiger partial charge is 0.353 e. The first-order valence-corrected chi connectivity index (χ1v) is 13.9. The topological polar surface area (TPSA) is 45.2 Å². The van der Waals surface area contributed by atoms with Crippen LogP contribution in [0.3, 0.4) is 0 Å². The number of carbonyl (C=O) groups excluding carboxylic acids is 1. The summed E-state index contributed by atoms with van der Waals surface area (Å²) >= 11 is 0. The van der Waals surface area contributed by atoms with Crippen molar-refractivity contribution >= 4 is 12.0 Å². The first kappa shape index (κ1) is 25.6. The van der Waals surface area contributed by atoms with Crippen molar-refractivity contribution in [3.05, 3.63) is 72.1 Å². The number of hydrogen-bond donors (Lipinski definition) is 1. The van der Waals surface area contributed by atoms with Crippen LogP contribution >= 0.6 is 0 Å². The zero-order chi connectivity index (χ0) is 24.1. The van der Waals surface area contributed by atoms with Gasteiger partial charge in [-0.1, -0.05) is 68.5 Å². The van der Waals surface area contributed by atoms with Gasteiger partial charge in [0.25, 0.3) is 0 Å². The summed E-state index contributed by atoms with van der Waals surface area (Å²) in [7, 11) is 0. The number of benzene rings is 1. The predicted octanol–water partition coefficient (Wildman–Crippen LogP) is 6.46. The number of rotatable bonds is 11. The Hall–Kier alpha value is -2.46. The molecule has 2 aromatic rings. The molecule has 1 N–H and O–H groups in total. The number of aromatic nitrogens is 1. The molecular formula is C31H43N3O. The van der Waals surface area contributed by atoms with Crippen LogP contribution in [0.15, 0.2) is 60.9 Å². The number of likely N-dealkylation sites (tertiary alicyclic amines) is 1. The highest BCUT2D eigenvalue weighted by Crippen LogP contribution is 2.37. The quantitative estimate of drug-likeness (QED) is 0.301. The minimum Gasteiger partial charge on any atom is -0.353 e. The zero-order valence-corrected chi connectivity index (χ0v) is 21.3. The Labute approximate surface area is 212 Å². The SMILES string of the molecule is O=C(C=Cc1cccnc1)NCCCCC1CCN(CC(c2ccccc2)C2CCCCC2)CC1. The number of nitrogens with one attached hydrogen (secondary N) is 1. The number of piperidine rings is 1. The van der Waals surface area contributed by atoms with Crippen molar-refractivity contribution in [2.24, 2.45) is 11.8 Å². The van der Waals surface area contributed by atoms with E-state index in [0.717, 1.165) is 30.4 Å². The maximum atomic E-state index is 12.0. The van der Waals surface area contributed by atoms with Crippen LogP contribution in [-0.4, -0.2) is 42.0 Å². The van der Waals surface area contributed by atoms with Crippen LogP contribution in [0.4, 0.5) is 0 Å². The van der Waals surface area contributed by atoms with Gasteiger partial charge in [-0.05, 0) is 86.2 Å². The molecule has 2 fully saturated rings. The van der Waals surface area contributed by atoms with E-state index in [-0.39, 0.29) is 5.91 Å². The maximum Gasteiger partial charge on any atom is 0.243 e. The highest BCUT2D eigenvalue weighted by molar-refractivity contribution is 5.91. The van der Waals surface area contributed by atoms with Crippen LogP contribution in [0.2, 0.25) is 0 Å². The molecule has 4 rings (SSSR count). The van der Waals surface area contributed by atoms with Gasteiger partial charge in [0, 0.05) is 31.6 Å². The molecule has 35 heavy (non-hydrogen) atoms. The van der Waals surface area contributed by atoms with Gasteiger partial charge in [-0.25, -0.2) is 0 Å². The Morgan fingerprint density at radius 1 is 1.00 bits per heavy atom. The van der Waals surface area contributed by atoms with E-state index in [4.69, 9.17) is 0 Å². The lowest BCUT2D eigenvalue weighted by atomic mass is 9.76. The van der Waals surface area contributed by atoms with Crippen molar-refractivity contribution in [3.63, 3.8) is 0 Å². The Balaban J connectivity index is 1.12. The van der Waals surface area contributed by atoms with Crippen molar-refractivity contribution in [1.82, 2.24) is 15.2 Å². The normalized spacial score (nSPS) is 19.1. The molecule has 1 atom stereocenters. The number of pyridine rings is 1. The molecule has 2 aliphatic rings. The lowest BCUT2D eigenvalue weighted by Gasteiger charge is -2.38. The molecule has 0 radical (unpaired) electrons. The molecule has 1 aliphatic heterocycles. The lowest BCUT2D eigenvalue weighted by molar-refractivity contribution is -0.116. The average Bonchev–Trinajstić information content (AvgIpc) is 2.93. The third kappa shape index (κ3) is 8.61. The van der Waals surface area contributed by atoms with Crippen LogP contribution in [-0.2, 0) is 4.79 Å². The maximum absolute atomic E-state index is 12.0. The fourth-order valence-electron chi connectivity index (χ4n) is 5.97. The van der Waals surface area contributed by atoms with Crippen molar-refractivity contribution in [2.45, 2.75) is 70.1 Å². The fraction of sp³-hybridized carbons (Fsp3) is 0.548. The predicted molar refractivity (Wildman–Crippen MR) is 145 cm³/mol. The van der Waals surface area contributed by atoms with Crippen LogP contribution in [0, 0.1) is 11.8 Å². The molecule has 2 heterocycles. The van der Waals surface area contributed by atoms with E-state index in [0.29, 0.717) is 5.92 Å². The van der Waals surface area contributed by atoms with Gasteiger partial charge >= 0.3 is 0 Å². The Morgan fingerprint density at radius 2 is 1.80 bits per heavy atom. The molecule has 1 aromatic heterocycles. The molecule has 4 nitrogen and oxygen atoms in total. The van der Waals surface area contributed by atoms with Crippen molar-refractivity contribution < 1.29 is 4.79 Å². The lowest BCUT2D eigenvalue weighted by Crippen LogP contribution is -2.38. The fourth-order valence-corrected chi connectivity index (χ4v) is 5.97. The van der Waals surface area contributed by atoms with Gasteiger partial charge in [0.2, 0.25) is 5.91 Å². The van der Waals surface area contributed by atoms with Gasteiger partial charge in [0.05, 0.1) is 0 Å². The van der Waals surface area contributed by atoms with Crippen molar-refractivity contribution in [3.8, 4) is 0 Å². The average molecular weight is 474 g/mol. The molecule has 1 aliphatic carbocycles. The van der Waals surface area contributed by atoms with Crippen LogP contribution in [0.25, 0.3) is 6.08 Å². The minimum atomic E-state index is -0.0203. The van der Waals surface area contributed by atoms with Crippen molar-refractivity contribution in [1.29, 1.82) is 0 Å². The smallest absolute Gasteiger partial charge is 0.243 e. The molecule has 4 heteroatoms. The first-order chi connectivity index (χ1) is 17.3. The summed E-state index contributed by atoms with van der Waals surface area (Å²) < 4.78 is 0. The molecule has 1 saturated carbocycles. The summed E-state index contributed by atoms with van der Waals surface area (Å²) in [6, 6.07) is 15.1.